The Morgan fingerprint density at radius 1 is 1.29 bits per heavy atom. The summed E-state index contributed by atoms with van der Waals surface area (Å²) in [6, 6.07) is 3.93. The van der Waals surface area contributed by atoms with Crippen LogP contribution in [0.1, 0.15) is 19.5 Å². The summed E-state index contributed by atoms with van der Waals surface area (Å²) in [6.45, 7) is 6.11. The van der Waals surface area contributed by atoms with Crippen molar-refractivity contribution in [2.45, 2.75) is 20.4 Å². The third kappa shape index (κ3) is 3.35. The predicted molar refractivity (Wildman–Crippen MR) is 65.7 cm³/mol. The van der Waals surface area contributed by atoms with E-state index in [1.165, 1.54) is 0 Å². The van der Waals surface area contributed by atoms with Gasteiger partial charge in [0.05, 0.1) is 5.69 Å². The Labute approximate surface area is 101 Å². The summed E-state index contributed by atoms with van der Waals surface area (Å²) in [4.78, 5) is 3.97. The summed E-state index contributed by atoms with van der Waals surface area (Å²) in [5, 5.41) is 11.7. The van der Waals surface area contributed by atoms with Gasteiger partial charge in [-0.3, -0.25) is 4.57 Å². The summed E-state index contributed by atoms with van der Waals surface area (Å²) in [5.41, 5.74) is 0.953. The Morgan fingerprint density at radius 2 is 2.18 bits per heavy atom. The van der Waals surface area contributed by atoms with Gasteiger partial charge in [0.25, 0.3) is 0 Å². The highest BCUT2D eigenvalue weighted by molar-refractivity contribution is 5.21. The lowest BCUT2D eigenvalue weighted by Crippen LogP contribution is -2.19. The third-order valence-electron chi connectivity index (χ3n) is 2.33. The van der Waals surface area contributed by atoms with E-state index in [1.807, 2.05) is 22.9 Å². The van der Waals surface area contributed by atoms with Gasteiger partial charge >= 0.3 is 0 Å². The molecular formula is C12H17N5. The molecule has 5 nitrogen and oxygen atoms in total. The molecule has 0 aliphatic carbocycles. The molecule has 0 amide bonds. The zero-order valence-electron chi connectivity index (χ0n) is 10.2. The van der Waals surface area contributed by atoms with Crippen molar-refractivity contribution in [3.63, 3.8) is 0 Å². The summed E-state index contributed by atoms with van der Waals surface area (Å²) in [7, 11) is 0. The standard InChI is InChI=1S/C12H17N5/c1-10(2)7-14-8-11-3-4-12(16-15-11)17-6-5-13-9-17/h3-6,9-10,14H,7-8H2,1-2H3. The first kappa shape index (κ1) is 11.7. The molecule has 2 aromatic rings. The minimum absolute atomic E-state index is 0.646. The van der Waals surface area contributed by atoms with Gasteiger partial charge in [-0.15, -0.1) is 5.10 Å². The van der Waals surface area contributed by atoms with E-state index < -0.39 is 0 Å². The first-order chi connectivity index (χ1) is 8.25. The van der Waals surface area contributed by atoms with E-state index in [0.29, 0.717) is 5.92 Å². The van der Waals surface area contributed by atoms with Crippen molar-refractivity contribution >= 4 is 0 Å². The lowest BCUT2D eigenvalue weighted by Gasteiger charge is -2.06. The number of rotatable bonds is 5. The summed E-state index contributed by atoms with van der Waals surface area (Å²) >= 11 is 0. The Bertz CT molecular complexity index is 432. The van der Waals surface area contributed by atoms with E-state index >= 15 is 0 Å². The number of imidazole rings is 1. The molecule has 0 fully saturated rings. The molecular weight excluding hydrogens is 214 g/mol. The minimum atomic E-state index is 0.646. The third-order valence-corrected chi connectivity index (χ3v) is 2.33. The second kappa shape index (κ2) is 5.54. The van der Waals surface area contributed by atoms with Crippen LogP contribution in [-0.4, -0.2) is 26.3 Å². The summed E-state index contributed by atoms with van der Waals surface area (Å²) in [5.74, 6) is 1.43. The van der Waals surface area contributed by atoms with Crippen molar-refractivity contribution in [3.8, 4) is 5.82 Å². The molecule has 17 heavy (non-hydrogen) atoms. The maximum absolute atomic E-state index is 4.17. The zero-order chi connectivity index (χ0) is 12.1. The lowest BCUT2D eigenvalue weighted by atomic mass is 10.2. The van der Waals surface area contributed by atoms with Crippen LogP contribution < -0.4 is 5.32 Å². The molecule has 0 aliphatic heterocycles. The molecule has 0 unspecified atom stereocenters. The summed E-state index contributed by atoms with van der Waals surface area (Å²) < 4.78 is 1.83. The Hall–Kier alpha value is -1.75. The van der Waals surface area contributed by atoms with E-state index in [1.54, 1.807) is 12.5 Å². The molecule has 0 aromatic carbocycles. The van der Waals surface area contributed by atoms with E-state index in [-0.39, 0.29) is 0 Å². The van der Waals surface area contributed by atoms with Crippen molar-refractivity contribution < 1.29 is 0 Å². The van der Waals surface area contributed by atoms with Crippen molar-refractivity contribution in [1.82, 2.24) is 25.1 Å². The van der Waals surface area contributed by atoms with E-state index in [2.05, 4.69) is 34.3 Å². The molecule has 0 spiro atoms. The van der Waals surface area contributed by atoms with Gasteiger partial charge in [-0.1, -0.05) is 13.8 Å². The van der Waals surface area contributed by atoms with Crippen LogP contribution in [0.4, 0.5) is 0 Å². The molecule has 0 saturated heterocycles. The normalized spacial score (nSPS) is 11.0. The Balaban J connectivity index is 1.94. The average Bonchev–Trinajstić information content (AvgIpc) is 2.83. The second-order valence-corrected chi connectivity index (χ2v) is 4.38. The maximum atomic E-state index is 4.17. The number of nitrogens with zero attached hydrogens (tertiary/aromatic N) is 4. The molecule has 0 aliphatic rings. The number of hydrogen-bond donors (Lipinski definition) is 1. The van der Waals surface area contributed by atoms with Crippen LogP contribution in [0.3, 0.4) is 0 Å². The van der Waals surface area contributed by atoms with Crippen LogP contribution in [0.5, 0.6) is 0 Å². The largest absolute Gasteiger partial charge is 0.311 e. The van der Waals surface area contributed by atoms with Gasteiger partial charge in [0.2, 0.25) is 0 Å². The molecule has 1 N–H and O–H groups in total. The van der Waals surface area contributed by atoms with Crippen LogP contribution in [0.2, 0.25) is 0 Å². The number of aromatic nitrogens is 4. The molecule has 0 saturated carbocycles. The van der Waals surface area contributed by atoms with E-state index in [0.717, 1.165) is 24.6 Å². The fourth-order valence-electron chi connectivity index (χ4n) is 1.47. The fraction of sp³-hybridized carbons (Fsp3) is 0.417. The lowest BCUT2D eigenvalue weighted by molar-refractivity contribution is 0.546. The first-order valence-electron chi connectivity index (χ1n) is 5.77. The molecule has 90 valence electrons. The van der Waals surface area contributed by atoms with Crippen LogP contribution in [0, 0.1) is 5.92 Å². The minimum Gasteiger partial charge on any atom is -0.311 e. The summed E-state index contributed by atoms with van der Waals surface area (Å²) in [6.07, 6.45) is 5.28. The fourth-order valence-corrected chi connectivity index (χ4v) is 1.47. The van der Waals surface area contributed by atoms with Gasteiger partial charge in [0.15, 0.2) is 5.82 Å². The molecule has 0 atom stereocenters. The maximum Gasteiger partial charge on any atom is 0.160 e. The van der Waals surface area contributed by atoms with Crippen LogP contribution in [0.15, 0.2) is 30.9 Å². The van der Waals surface area contributed by atoms with E-state index in [4.69, 9.17) is 0 Å². The second-order valence-electron chi connectivity index (χ2n) is 4.38. The van der Waals surface area contributed by atoms with Gasteiger partial charge in [0, 0.05) is 18.9 Å². The smallest absolute Gasteiger partial charge is 0.160 e. The SMILES string of the molecule is CC(C)CNCc1ccc(-n2ccnc2)nn1. The van der Waals surface area contributed by atoms with Crippen molar-refractivity contribution in [2.75, 3.05) is 6.54 Å². The Morgan fingerprint density at radius 3 is 2.76 bits per heavy atom. The van der Waals surface area contributed by atoms with Gasteiger partial charge in [-0.25, -0.2) is 4.98 Å². The van der Waals surface area contributed by atoms with Crippen LogP contribution in [-0.2, 0) is 6.54 Å². The van der Waals surface area contributed by atoms with Crippen molar-refractivity contribution in [3.05, 3.63) is 36.5 Å². The van der Waals surface area contributed by atoms with Crippen molar-refractivity contribution in [2.24, 2.45) is 5.92 Å². The highest BCUT2D eigenvalue weighted by Crippen LogP contribution is 2.02. The van der Waals surface area contributed by atoms with E-state index in [9.17, 15) is 0 Å². The monoisotopic (exact) mass is 231 g/mol. The van der Waals surface area contributed by atoms with Gasteiger partial charge in [-0.2, -0.15) is 5.10 Å². The highest BCUT2D eigenvalue weighted by atomic mass is 15.2. The topological polar surface area (TPSA) is 55.6 Å². The quantitative estimate of drug-likeness (QED) is 0.845. The molecule has 0 radical (unpaired) electrons. The van der Waals surface area contributed by atoms with Gasteiger partial charge < -0.3 is 5.32 Å². The zero-order valence-corrected chi connectivity index (χ0v) is 10.2. The molecule has 0 bridgehead atoms. The molecule has 2 heterocycles. The van der Waals surface area contributed by atoms with Gasteiger partial charge in [0.1, 0.15) is 6.33 Å². The number of nitrogens with one attached hydrogen (secondary N) is 1. The molecule has 2 rings (SSSR count). The molecule has 5 heteroatoms. The number of hydrogen-bond acceptors (Lipinski definition) is 4. The van der Waals surface area contributed by atoms with Crippen LogP contribution in [0.25, 0.3) is 5.82 Å². The molecule has 2 aromatic heterocycles. The first-order valence-corrected chi connectivity index (χ1v) is 5.77. The van der Waals surface area contributed by atoms with Crippen LogP contribution >= 0.6 is 0 Å². The van der Waals surface area contributed by atoms with Crippen molar-refractivity contribution in [1.29, 1.82) is 0 Å². The Kier molecular flexibility index (Phi) is 3.82. The predicted octanol–water partition coefficient (Wildman–Crippen LogP) is 1.41. The van der Waals surface area contributed by atoms with Gasteiger partial charge in [-0.05, 0) is 24.6 Å². The highest BCUT2D eigenvalue weighted by Gasteiger charge is 2.00. The average molecular weight is 231 g/mol.